The molecule has 1 N–H and O–H groups in total. The van der Waals surface area contributed by atoms with Crippen LogP contribution >= 0.6 is 0 Å². The van der Waals surface area contributed by atoms with E-state index in [9.17, 15) is 14.0 Å². The number of carbonyl (C=O) groups is 2. The van der Waals surface area contributed by atoms with Crippen LogP contribution in [0.3, 0.4) is 0 Å². The minimum absolute atomic E-state index is 0.00323. The molecule has 0 heterocycles. The Morgan fingerprint density at radius 2 is 1.72 bits per heavy atom. The lowest BCUT2D eigenvalue weighted by Crippen LogP contribution is -2.53. The van der Waals surface area contributed by atoms with E-state index in [0.29, 0.717) is 0 Å². The van der Waals surface area contributed by atoms with E-state index in [-0.39, 0.29) is 24.8 Å². The maximum Gasteiger partial charge on any atom is 0.261 e. The predicted octanol–water partition coefficient (Wildman–Crippen LogP) is 3.84. The smallest absolute Gasteiger partial charge is 0.261 e. The molecule has 0 spiro atoms. The van der Waals surface area contributed by atoms with Crippen LogP contribution in [0.4, 0.5) is 4.39 Å². The molecule has 0 aliphatic carbocycles. The lowest BCUT2D eigenvalue weighted by molar-refractivity contribution is -0.142. The van der Waals surface area contributed by atoms with Gasteiger partial charge in [-0.1, -0.05) is 36.4 Å². The molecule has 2 aromatic carbocycles. The second-order valence-electron chi connectivity index (χ2n) is 8.08. The standard InChI is InChI=1S/C23H29FN2O3/c1-16-10-6-7-11-18(16)14-26(17(2)22(28)25-23(3,4)5)21(27)15-29-20-13-9-8-12-19(20)24/h6-13,17H,14-15H2,1-5H3,(H,25,28). The topological polar surface area (TPSA) is 58.6 Å². The van der Waals surface area contributed by atoms with Crippen LogP contribution in [-0.4, -0.2) is 34.9 Å². The van der Waals surface area contributed by atoms with Gasteiger partial charge in [-0.15, -0.1) is 0 Å². The van der Waals surface area contributed by atoms with Crippen molar-refractivity contribution in [3.8, 4) is 5.75 Å². The maximum absolute atomic E-state index is 13.8. The first-order valence-corrected chi connectivity index (χ1v) is 9.62. The fourth-order valence-electron chi connectivity index (χ4n) is 2.81. The Balaban J connectivity index is 2.20. The number of amides is 2. The average molecular weight is 400 g/mol. The minimum atomic E-state index is -0.717. The molecular weight excluding hydrogens is 371 g/mol. The quantitative estimate of drug-likeness (QED) is 0.768. The van der Waals surface area contributed by atoms with Gasteiger partial charge < -0.3 is 15.0 Å². The third-order valence-corrected chi connectivity index (χ3v) is 4.46. The summed E-state index contributed by atoms with van der Waals surface area (Å²) in [6.45, 7) is 9.17. The molecule has 156 valence electrons. The number of aryl methyl sites for hydroxylation is 1. The van der Waals surface area contributed by atoms with Gasteiger partial charge in [-0.05, 0) is 57.9 Å². The van der Waals surface area contributed by atoms with E-state index in [4.69, 9.17) is 4.74 Å². The number of carbonyl (C=O) groups excluding carboxylic acids is 2. The van der Waals surface area contributed by atoms with Gasteiger partial charge in [0.25, 0.3) is 5.91 Å². The van der Waals surface area contributed by atoms with Gasteiger partial charge >= 0.3 is 0 Å². The van der Waals surface area contributed by atoms with Crippen molar-refractivity contribution in [3.05, 3.63) is 65.5 Å². The van der Waals surface area contributed by atoms with Gasteiger partial charge in [0.15, 0.2) is 18.2 Å². The number of benzene rings is 2. The number of nitrogens with zero attached hydrogens (tertiary/aromatic N) is 1. The number of halogens is 1. The molecule has 0 aliphatic rings. The van der Waals surface area contributed by atoms with Gasteiger partial charge in [-0.25, -0.2) is 4.39 Å². The summed E-state index contributed by atoms with van der Waals surface area (Å²) in [6, 6.07) is 12.9. The molecule has 0 saturated heterocycles. The molecule has 5 nitrogen and oxygen atoms in total. The van der Waals surface area contributed by atoms with Crippen molar-refractivity contribution in [2.45, 2.75) is 52.7 Å². The highest BCUT2D eigenvalue weighted by molar-refractivity contribution is 5.88. The molecule has 2 amide bonds. The summed E-state index contributed by atoms with van der Waals surface area (Å²) >= 11 is 0. The van der Waals surface area contributed by atoms with E-state index >= 15 is 0 Å². The van der Waals surface area contributed by atoms with Crippen molar-refractivity contribution in [3.63, 3.8) is 0 Å². The molecule has 6 heteroatoms. The van der Waals surface area contributed by atoms with Gasteiger partial charge in [-0.2, -0.15) is 0 Å². The van der Waals surface area contributed by atoms with Crippen LogP contribution < -0.4 is 10.1 Å². The van der Waals surface area contributed by atoms with Crippen LogP contribution in [0.25, 0.3) is 0 Å². The summed E-state index contributed by atoms with van der Waals surface area (Å²) in [7, 11) is 0. The number of ether oxygens (including phenoxy) is 1. The van der Waals surface area contributed by atoms with Gasteiger partial charge in [-0.3, -0.25) is 9.59 Å². The zero-order chi connectivity index (χ0) is 21.6. The zero-order valence-corrected chi connectivity index (χ0v) is 17.7. The summed E-state index contributed by atoms with van der Waals surface area (Å²) < 4.78 is 19.2. The van der Waals surface area contributed by atoms with E-state index in [2.05, 4.69) is 5.32 Å². The maximum atomic E-state index is 13.8. The van der Waals surface area contributed by atoms with Gasteiger partial charge in [0.2, 0.25) is 5.91 Å². The molecule has 0 radical (unpaired) electrons. The summed E-state index contributed by atoms with van der Waals surface area (Å²) in [4.78, 5) is 27.1. The van der Waals surface area contributed by atoms with E-state index < -0.39 is 23.3 Å². The van der Waals surface area contributed by atoms with Crippen molar-refractivity contribution in [2.75, 3.05) is 6.61 Å². The molecule has 2 rings (SSSR count). The van der Waals surface area contributed by atoms with Gasteiger partial charge in [0, 0.05) is 12.1 Å². The first kappa shape index (κ1) is 22.4. The van der Waals surface area contributed by atoms with Gasteiger partial charge in [0.05, 0.1) is 0 Å². The van der Waals surface area contributed by atoms with E-state index in [0.717, 1.165) is 11.1 Å². The molecule has 0 fully saturated rings. The summed E-state index contributed by atoms with van der Waals surface area (Å²) in [5, 5.41) is 2.90. The minimum Gasteiger partial charge on any atom is -0.481 e. The Kier molecular flexibility index (Phi) is 7.37. The van der Waals surface area contributed by atoms with E-state index in [1.165, 1.54) is 17.0 Å². The van der Waals surface area contributed by atoms with E-state index in [1.807, 2.05) is 52.0 Å². The first-order valence-electron chi connectivity index (χ1n) is 9.62. The molecule has 1 atom stereocenters. The summed E-state index contributed by atoms with van der Waals surface area (Å²) in [5.74, 6) is -1.19. The normalized spacial score (nSPS) is 12.2. The number of nitrogens with one attached hydrogen (secondary N) is 1. The fourth-order valence-corrected chi connectivity index (χ4v) is 2.81. The molecule has 2 aromatic rings. The molecule has 1 unspecified atom stereocenters. The van der Waals surface area contributed by atoms with Crippen molar-refractivity contribution >= 4 is 11.8 Å². The highest BCUT2D eigenvalue weighted by Gasteiger charge is 2.29. The number of para-hydroxylation sites is 1. The number of rotatable bonds is 7. The number of hydrogen-bond donors (Lipinski definition) is 1. The lowest BCUT2D eigenvalue weighted by atomic mass is 10.1. The molecule has 0 aliphatic heterocycles. The average Bonchev–Trinajstić information content (AvgIpc) is 2.64. The molecular formula is C23H29FN2O3. The third-order valence-electron chi connectivity index (χ3n) is 4.46. The Hall–Kier alpha value is -2.89. The lowest BCUT2D eigenvalue weighted by Gasteiger charge is -2.31. The fraction of sp³-hybridized carbons (Fsp3) is 0.391. The van der Waals surface area contributed by atoms with Crippen LogP contribution in [0.1, 0.15) is 38.8 Å². The van der Waals surface area contributed by atoms with Crippen LogP contribution in [0, 0.1) is 12.7 Å². The largest absolute Gasteiger partial charge is 0.481 e. The van der Waals surface area contributed by atoms with Crippen molar-refractivity contribution in [1.29, 1.82) is 0 Å². The zero-order valence-electron chi connectivity index (χ0n) is 17.7. The van der Waals surface area contributed by atoms with Crippen molar-refractivity contribution < 1.29 is 18.7 Å². The van der Waals surface area contributed by atoms with Crippen LogP contribution in [0.2, 0.25) is 0 Å². The third kappa shape index (κ3) is 6.59. The molecule has 0 bridgehead atoms. The first-order chi connectivity index (χ1) is 13.6. The Morgan fingerprint density at radius 1 is 1.10 bits per heavy atom. The van der Waals surface area contributed by atoms with Gasteiger partial charge in [0.1, 0.15) is 6.04 Å². The highest BCUT2D eigenvalue weighted by Crippen LogP contribution is 2.17. The molecule has 0 saturated carbocycles. The summed E-state index contributed by atoms with van der Waals surface area (Å²) in [6.07, 6.45) is 0. The molecule has 29 heavy (non-hydrogen) atoms. The van der Waals surface area contributed by atoms with Crippen LogP contribution in [-0.2, 0) is 16.1 Å². The Morgan fingerprint density at radius 3 is 2.34 bits per heavy atom. The summed E-state index contributed by atoms with van der Waals surface area (Å²) in [5.41, 5.74) is 1.53. The monoisotopic (exact) mass is 400 g/mol. The van der Waals surface area contributed by atoms with Crippen LogP contribution in [0.5, 0.6) is 5.75 Å². The predicted molar refractivity (Wildman–Crippen MR) is 111 cm³/mol. The SMILES string of the molecule is Cc1ccccc1CN(C(=O)COc1ccccc1F)C(C)C(=O)NC(C)(C)C. The van der Waals surface area contributed by atoms with E-state index in [1.54, 1.807) is 19.1 Å². The number of hydrogen-bond acceptors (Lipinski definition) is 3. The second kappa shape index (κ2) is 9.54. The second-order valence-corrected chi connectivity index (χ2v) is 8.08. The highest BCUT2D eigenvalue weighted by atomic mass is 19.1. The van der Waals surface area contributed by atoms with Crippen molar-refractivity contribution in [2.24, 2.45) is 0 Å². The molecule has 0 aromatic heterocycles. The Labute approximate surface area is 171 Å². The Bertz CT molecular complexity index is 861. The van der Waals surface area contributed by atoms with Crippen molar-refractivity contribution in [1.82, 2.24) is 10.2 Å². The van der Waals surface area contributed by atoms with Crippen LogP contribution in [0.15, 0.2) is 48.5 Å².